The van der Waals surface area contributed by atoms with Crippen LogP contribution < -0.4 is 5.73 Å². The summed E-state index contributed by atoms with van der Waals surface area (Å²) in [5.41, 5.74) is 6.27. The molecule has 1 aliphatic carbocycles. The summed E-state index contributed by atoms with van der Waals surface area (Å²) in [6.45, 7) is 9.42. The molecule has 0 aliphatic heterocycles. The minimum absolute atomic E-state index is 0. The third-order valence-electron chi connectivity index (χ3n) is 4.49. The van der Waals surface area contributed by atoms with Gasteiger partial charge in [-0.3, -0.25) is 4.79 Å². The van der Waals surface area contributed by atoms with Gasteiger partial charge in [0.25, 0.3) is 0 Å². The van der Waals surface area contributed by atoms with Crippen LogP contribution >= 0.6 is 12.4 Å². The van der Waals surface area contributed by atoms with Gasteiger partial charge in [0, 0.05) is 25.6 Å². The molecule has 3 atom stereocenters. The second-order valence-electron chi connectivity index (χ2n) is 6.22. The van der Waals surface area contributed by atoms with Gasteiger partial charge in [0.1, 0.15) is 0 Å². The molecule has 0 saturated heterocycles. The van der Waals surface area contributed by atoms with Gasteiger partial charge in [-0.05, 0) is 30.6 Å². The molecule has 0 aromatic carbocycles. The highest BCUT2D eigenvalue weighted by atomic mass is 35.5. The normalized spacial score (nSPS) is 27.6. The number of hydrogen-bond donors (Lipinski definition) is 1. The van der Waals surface area contributed by atoms with Crippen molar-refractivity contribution in [1.29, 1.82) is 0 Å². The fourth-order valence-electron chi connectivity index (χ4n) is 2.24. The smallest absolute Gasteiger partial charge is 0.225 e. The maximum absolute atomic E-state index is 12.1. The lowest BCUT2D eigenvalue weighted by Gasteiger charge is -2.22. The maximum Gasteiger partial charge on any atom is 0.225 e. The fourth-order valence-corrected chi connectivity index (χ4v) is 2.24. The van der Waals surface area contributed by atoms with Gasteiger partial charge < -0.3 is 10.6 Å². The number of carbonyl (C=O) groups excluding carboxylic acids is 1. The van der Waals surface area contributed by atoms with Crippen LogP contribution in [0.1, 0.15) is 47.0 Å². The second kappa shape index (κ2) is 6.76. The summed E-state index contributed by atoms with van der Waals surface area (Å²) < 4.78 is 0. The number of nitrogens with zero attached hydrogens (tertiary/aromatic N) is 1. The van der Waals surface area contributed by atoms with E-state index in [4.69, 9.17) is 5.73 Å². The molecule has 0 aromatic rings. The van der Waals surface area contributed by atoms with Crippen molar-refractivity contribution in [2.45, 2.75) is 53.0 Å². The number of carbonyl (C=O) groups is 1. The van der Waals surface area contributed by atoms with E-state index >= 15 is 0 Å². The molecule has 4 heteroatoms. The van der Waals surface area contributed by atoms with Crippen LogP contribution in [0.25, 0.3) is 0 Å². The van der Waals surface area contributed by atoms with E-state index in [1.165, 1.54) is 0 Å². The Kier molecular flexibility index (Phi) is 6.66. The van der Waals surface area contributed by atoms with Crippen molar-refractivity contribution in [3.05, 3.63) is 0 Å². The van der Waals surface area contributed by atoms with Crippen LogP contribution in [-0.4, -0.2) is 30.4 Å². The lowest BCUT2D eigenvalue weighted by molar-refractivity contribution is -0.132. The molecule has 0 aromatic heterocycles. The van der Waals surface area contributed by atoms with E-state index < -0.39 is 0 Å². The first kappa shape index (κ1) is 17.7. The van der Waals surface area contributed by atoms with Crippen LogP contribution in [0.4, 0.5) is 0 Å². The lowest BCUT2D eigenvalue weighted by atomic mass is 10.0. The highest BCUT2D eigenvalue weighted by molar-refractivity contribution is 5.85. The van der Waals surface area contributed by atoms with Crippen molar-refractivity contribution in [3.63, 3.8) is 0 Å². The molecule has 0 bridgehead atoms. The van der Waals surface area contributed by atoms with E-state index in [0.717, 1.165) is 25.8 Å². The lowest BCUT2D eigenvalue weighted by Crippen LogP contribution is -2.36. The minimum atomic E-state index is 0. The molecule has 1 saturated carbocycles. The highest BCUT2D eigenvalue weighted by Crippen LogP contribution is 2.55. The third kappa shape index (κ3) is 4.13. The van der Waals surface area contributed by atoms with Crippen molar-refractivity contribution in [1.82, 2.24) is 4.90 Å². The molecule has 0 spiro atoms. The van der Waals surface area contributed by atoms with E-state index in [-0.39, 0.29) is 29.8 Å². The molecular weight excluding hydrogens is 248 g/mol. The molecule has 1 amide bonds. The summed E-state index contributed by atoms with van der Waals surface area (Å²) in [7, 11) is 1.91. The number of halogens is 1. The fraction of sp³-hybridized carbons (Fsp3) is 0.929. The maximum atomic E-state index is 12.1. The predicted octanol–water partition coefficient (Wildman–Crippen LogP) is 2.68. The second-order valence-corrected chi connectivity index (χ2v) is 6.22. The third-order valence-corrected chi connectivity index (χ3v) is 4.49. The Morgan fingerprint density at radius 1 is 1.50 bits per heavy atom. The Bertz CT molecular complexity index is 283. The van der Waals surface area contributed by atoms with Crippen molar-refractivity contribution < 1.29 is 4.79 Å². The van der Waals surface area contributed by atoms with E-state index in [9.17, 15) is 4.79 Å². The van der Waals surface area contributed by atoms with Gasteiger partial charge in [-0.1, -0.05) is 27.7 Å². The molecule has 1 fully saturated rings. The van der Waals surface area contributed by atoms with Crippen LogP contribution in [0.5, 0.6) is 0 Å². The Morgan fingerprint density at radius 2 is 2.06 bits per heavy atom. The summed E-state index contributed by atoms with van der Waals surface area (Å²) >= 11 is 0. The van der Waals surface area contributed by atoms with E-state index in [0.29, 0.717) is 11.8 Å². The Hall–Kier alpha value is -0.280. The van der Waals surface area contributed by atoms with Gasteiger partial charge in [0.2, 0.25) is 5.91 Å². The number of nitrogens with two attached hydrogens (primary N) is 1. The molecule has 1 aliphatic rings. The van der Waals surface area contributed by atoms with Gasteiger partial charge in [0.15, 0.2) is 0 Å². The van der Waals surface area contributed by atoms with Gasteiger partial charge in [-0.15, -0.1) is 12.4 Å². The van der Waals surface area contributed by atoms with Crippen LogP contribution in [0.15, 0.2) is 0 Å². The van der Waals surface area contributed by atoms with Crippen molar-refractivity contribution >= 4 is 18.3 Å². The average Bonchev–Trinajstić information content (AvgIpc) is 2.97. The molecule has 18 heavy (non-hydrogen) atoms. The first-order valence-electron chi connectivity index (χ1n) is 6.82. The van der Waals surface area contributed by atoms with Crippen LogP contribution in [0.3, 0.4) is 0 Å². The van der Waals surface area contributed by atoms with Crippen LogP contribution in [-0.2, 0) is 4.79 Å². The highest BCUT2D eigenvalue weighted by Gasteiger charge is 2.53. The zero-order valence-electron chi connectivity index (χ0n) is 12.4. The molecule has 0 heterocycles. The predicted molar refractivity (Wildman–Crippen MR) is 78.8 cm³/mol. The molecule has 2 N–H and O–H groups in total. The van der Waals surface area contributed by atoms with Gasteiger partial charge in [0.05, 0.1) is 0 Å². The summed E-state index contributed by atoms with van der Waals surface area (Å²) in [5, 5.41) is 0. The number of hydrogen-bond acceptors (Lipinski definition) is 2. The zero-order chi connectivity index (χ0) is 13.2. The SMILES string of the molecule is CCC1(C)CC1C(=O)N(C)CCC(N)C(C)C.Cl. The average molecular weight is 277 g/mol. The van der Waals surface area contributed by atoms with Crippen LogP contribution in [0.2, 0.25) is 0 Å². The van der Waals surface area contributed by atoms with Gasteiger partial charge >= 0.3 is 0 Å². The van der Waals surface area contributed by atoms with Crippen molar-refractivity contribution in [3.8, 4) is 0 Å². The molecule has 0 radical (unpaired) electrons. The molecule has 108 valence electrons. The molecule has 1 rings (SSSR count). The Balaban J connectivity index is 0.00000289. The largest absolute Gasteiger partial charge is 0.345 e. The van der Waals surface area contributed by atoms with E-state index in [1.807, 2.05) is 11.9 Å². The minimum Gasteiger partial charge on any atom is -0.345 e. The van der Waals surface area contributed by atoms with E-state index in [2.05, 4.69) is 27.7 Å². The van der Waals surface area contributed by atoms with Crippen LogP contribution in [0, 0.1) is 17.3 Å². The first-order valence-corrected chi connectivity index (χ1v) is 6.82. The summed E-state index contributed by atoms with van der Waals surface area (Å²) in [6.07, 6.45) is 3.06. The summed E-state index contributed by atoms with van der Waals surface area (Å²) in [6, 6.07) is 0.196. The first-order chi connectivity index (χ1) is 7.81. The van der Waals surface area contributed by atoms with Gasteiger partial charge in [-0.25, -0.2) is 0 Å². The van der Waals surface area contributed by atoms with Crippen molar-refractivity contribution in [2.75, 3.05) is 13.6 Å². The standard InChI is InChI=1S/C14H28N2O.ClH/c1-6-14(4)9-11(14)13(17)16(5)8-7-12(15)10(2)3;/h10-12H,6-9,15H2,1-5H3;1H. The monoisotopic (exact) mass is 276 g/mol. The number of amides is 1. The quantitative estimate of drug-likeness (QED) is 0.811. The molecule has 3 unspecified atom stereocenters. The Labute approximate surface area is 118 Å². The van der Waals surface area contributed by atoms with E-state index in [1.54, 1.807) is 0 Å². The molecular formula is C14H29ClN2O. The topological polar surface area (TPSA) is 46.3 Å². The summed E-state index contributed by atoms with van der Waals surface area (Å²) in [4.78, 5) is 14.0. The number of rotatable bonds is 6. The zero-order valence-corrected chi connectivity index (χ0v) is 13.2. The van der Waals surface area contributed by atoms with Crippen molar-refractivity contribution in [2.24, 2.45) is 23.0 Å². The molecule has 3 nitrogen and oxygen atoms in total. The Morgan fingerprint density at radius 3 is 2.44 bits per heavy atom. The van der Waals surface area contributed by atoms with Gasteiger partial charge in [-0.2, -0.15) is 0 Å². The summed E-state index contributed by atoms with van der Waals surface area (Å²) in [5.74, 6) is 1.05.